The zero-order valence-corrected chi connectivity index (χ0v) is 30.7. The van der Waals surface area contributed by atoms with E-state index in [9.17, 15) is 9.59 Å². The van der Waals surface area contributed by atoms with Crippen molar-refractivity contribution in [3.05, 3.63) is 108 Å². The van der Waals surface area contributed by atoms with E-state index in [0.29, 0.717) is 35.8 Å². The van der Waals surface area contributed by atoms with Crippen molar-refractivity contribution < 1.29 is 38.0 Å². The molecule has 2 atom stereocenters. The SMILES string of the molecule is CCCCC(=O)OC(COc1ccccc1)COc1c2ccc(C)cc2c(OCC(COc2ccccc2)OC(=O)CCCC)c2ccc(C)cc12. The first-order chi connectivity index (χ1) is 25.3. The molecule has 8 heteroatoms. The Morgan fingerprint density at radius 3 is 1.27 bits per heavy atom. The van der Waals surface area contributed by atoms with Crippen molar-refractivity contribution in [2.45, 2.75) is 78.4 Å². The van der Waals surface area contributed by atoms with Crippen molar-refractivity contribution in [2.75, 3.05) is 26.4 Å². The lowest BCUT2D eigenvalue weighted by Crippen LogP contribution is -2.31. The number of fused-ring (bicyclic) bond motifs is 2. The minimum absolute atomic E-state index is 0.0868. The van der Waals surface area contributed by atoms with Crippen molar-refractivity contribution in [3.63, 3.8) is 0 Å². The monoisotopic (exact) mass is 706 g/mol. The first-order valence-corrected chi connectivity index (χ1v) is 18.3. The van der Waals surface area contributed by atoms with Gasteiger partial charge in [0.15, 0.2) is 12.2 Å². The number of ether oxygens (including phenoxy) is 6. The lowest BCUT2D eigenvalue weighted by molar-refractivity contribution is -0.153. The van der Waals surface area contributed by atoms with Gasteiger partial charge in [0.1, 0.15) is 49.4 Å². The van der Waals surface area contributed by atoms with Gasteiger partial charge in [0.25, 0.3) is 0 Å². The highest BCUT2D eigenvalue weighted by Crippen LogP contribution is 2.44. The third-order valence-corrected chi connectivity index (χ3v) is 8.58. The Labute approximate surface area is 306 Å². The predicted octanol–water partition coefficient (Wildman–Crippen LogP) is 9.73. The molecule has 0 spiro atoms. The molecule has 0 amide bonds. The highest BCUT2D eigenvalue weighted by atomic mass is 16.6. The van der Waals surface area contributed by atoms with Gasteiger partial charge in [0.2, 0.25) is 0 Å². The summed E-state index contributed by atoms with van der Waals surface area (Å²) in [6, 6.07) is 31.2. The van der Waals surface area contributed by atoms with Crippen LogP contribution in [0.5, 0.6) is 23.0 Å². The van der Waals surface area contributed by atoms with Crippen molar-refractivity contribution in [2.24, 2.45) is 0 Å². The molecule has 0 heterocycles. The van der Waals surface area contributed by atoms with Crippen molar-refractivity contribution in [3.8, 4) is 23.0 Å². The normalized spacial score (nSPS) is 12.2. The second-order valence-electron chi connectivity index (χ2n) is 13.1. The van der Waals surface area contributed by atoms with E-state index in [1.54, 1.807) is 0 Å². The van der Waals surface area contributed by atoms with Gasteiger partial charge in [-0.3, -0.25) is 9.59 Å². The molecule has 0 aliphatic carbocycles. The molecule has 0 N–H and O–H groups in total. The maximum absolute atomic E-state index is 12.8. The minimum Gasteiger partial charge on any atom is -0.490 e. The quantitative estimate of drug-likeness (QED) is 0.0584. The fourth-order valence-electron chi connectivity index (χ4n) is 5.82. The molecule has 2 unspecified atom stereocenters. The Morgan fingerprint density at radius 2 is 0.885 bits per heavy atom. The summed E-state index contributed by atoms with van der Waals surface area (Å²) in [6.45, 7) is 8.59. The molecule has 0 bridgehead atoms. The third-order valence-electron chi connectivity index (χ3n) is 8.58. The molecule has 274 valence electrons. The van der Waals surface area contributed by atoms with Crippen LogP contribution >= 0.6 is 0 Å². The van der Waals surface area contributed by atoms with E-state index >= 15 is 0 Å². The Balaban J connectivity index is 1.45. The minimum atomic E-state index is -0.645. The summed E-state index contributed by atoms with van der Waals surface area (Å²) in [4.78, 5) is 25.5. The van der Waals surface area contributed by atoms with Crippen molar-refractivity contribution in [1.82, 2.24) is 0 Å². The molecule has 5 aromatic carbocycles. The molecule has 0 fully saturated rings. The maximum atomic E-state index is 12.8. The second kappa shape index (κ2) is 19.4. The molecular weight excluding hydrogens is 656 g/mol. The Hall–Kier alpha value is -5.24. The van der Waals surface area contributed by atoms with E-state index in [-0.39, 0.29) is 38.4 Å². The fraction of sp³-hybridized carbons (Fsp3) is 0.364. The predicted molar refractivity (Wildman–Crippen MR) is 205 cm³/mol. The van der Waals surface area contributed by atoms with Crippen molar-refractivity contribution in [1.29, 1.82) is 0 Å². The van der Waals surface area contributed by atoms with Crippen LogP contribution in [0.1, 0.15) is 63.5 Å². The van der Waals surface area contributed by atoms with Crippen LogP contribution in [-0.2, 0) is 19.1 Å². The molecule has 0 aromatic heterocycles. The van der Waals surface area contributed by atoms with Gasteiger partial charge >= 0.3 is 11.9 Å². The van der Waals surface area contributed by atoms with E-state index in [0.717, 1.165) is 58.4 Å². The maximum Gasteiger partial charge on any atom is 0.306 e. The van der Waals surface area contributed by atoms with Crippen molar-refractivity contribution >= 4 is 33.5 Å². The fourth-order valence-corrected chi connectivity index (χ4v) is 5.82. The summed E-state index contributed by atoms with van der Waals surface area (Å²) in [6.07, 6.45) is 2.66. The van der Waals surface area contributed by atoms with E-state index < -0.39 is 12.2 Å². The molecule has 0 saturated carbocycles. The van der Waals surface area contributed by atoms with Crippen LogP contribution in [0.2, 0.25) is 0 Å². The number of unbranched alkanes of at least 4 members (excludes halogenated alkanes) is 2. The van der Waals surface area contributed by atoms with Crippen LogP contribution in [0, 0.1) is 13.8 Å². The molecule has 8 nitrogen and oxygen atoms in total. The van der Waals surface area contributed by atoms with Crippen LogP contribution in [0.25, 0.3) is 21.5 Å². The van der Waals surface area contributed by atoms with Crippen LogP contribution in [0.4, 0.5) is 0 Å². The van der Waals surface area contributed by atoms with Crippen LogP contribution < -0.4 is 18.9 Å². The number of hydrogen-bond acceptors (Lipinski definition) is 8. The average molecular weight is 707 g/mol. The summed E-state index contributed by atoms with van der Waals surface area (Å²) in [5.74, 6) is 2.13. The molecule has 0 saturated heterocycles. The molecule has 0 aliphatic rings. The third kappa shape index (κ3) is 10.9. The molecule has 52 heavy (non-hydrogen) atoms. The second-order valence-corrected chi connectivity index (χ2v) is 13.1. The zero-order valence-electron chi connectivity index (χ0n) is 30.7. The van der Waals surface area contributed by atoms with Gasteiger partial charge in [-0.25, -0.2) is 0 Å². The molecule has 0 radical (unpaired) electrons. The van der Waals surface area contributed by atoms with Crippen LogP contribution in [0.15, 0.2) is 97.1 Å². The highest BCUT2D eigenvalue weighted by molar-refractivity contribution is 6.11. The van der Waals surface area contributed by atoms with Gasteiger partial charge < -0.3 is 28.4 Å². The largest absolute Gasteiger partial charge is 0.490 e. The Kier molecular flexibility index (Phi) is 14.2. The number of esters is 2. The van der Waals surface area contributed by atoms with E-state index in [1.807, 2.05) is 113 Å². The van der Waals surface area contributed by atoms with Gasteiger partial charge in [-0.2, -0.15) is 0 Å². The number of aryl methyl sites for hydroxylation is 2. The molecule has 5 rings (SSSR count). The zero-order chi connectivity index (χ0) is 36.7. The smallest absolute Gasteiger partial charge is 0.306 e. The van der Waals surface area contributed by atoms with E-state index in [4.69, 9.17) is 28.4 Å². The van der Waals surface area contributed by atoms with Crippen LogP contribution in [0.3, 0.4) is 0 Å². The Morgan fingerprint density at radius 1 is 0.500 bits per heavy atom. The number of para-hydroxylation sites is 2. The van der Waals surface area contributed by atoms with E-state index in [1.165, 1.54) is 0 Å². The van der Waals surface area contributed by atoms with Gasteiger partial charge in [0, 0.05) is 34.4 Å². The molecular formula is C44H50O8. The average Bonchev–Trinajstić information content (AvgIpc) is 3.16. The summed E-state index contributed by atoms with van der Waals surface area (Å²) < 4.78 is 37.1. The number of carbonyl (C=O) groups is 2. The van der Waals surface area contributed by atoms with Gasteiger partial charge in [-0.05, 0) is 63.1 Å². The lowest BCUT2D eigenvalue weighted by Gasteiger charge is -2.23. The number of benzene rings is 5. The molecule has 5 aromatic rings. The van der Waals surface area contributed by atoms with Gasteiger partial charge in [-0.15, -0.1) is 0 Å². The first kappa shape index (κ1) is 38.0. The first-order valence-electron chi connectivity index (χ1n) is 18.3. The van der Waals surface area contributed by atoms with Crippen LogP contribution in [-0.4, -0.2) is 50.6 Å². The topological polar surface area (TPSA) is 89.5 Å². The van der Waals surface area contributed by atoms with Gasteiger partial charge in [0.05, 0.1) is 0 Å². The van der Waals surface area contributed by atoms with Gasteiger partial charge in [-0.1, -0.05) is 98.5 Å². The highest BCUT2D eigenvalue weighted by Gasteiger charge is 2.23. The summed E-state index contributed by atoms with van der Waals surface area (Å²) in [7, 11) is 0. The van der Waals surface area contributed by atoms with E-state index in [2.05, 4.69) is 12.1 Å². The summed E-state index contributed by atoms with van der Waals surface area (Å²) in [5, 5.41) is 3.39. The Bertz CT molecular complexity index is 1750. The lowest BCUT2D eigenvalue weighted by atomic mass is 9.97. The molecule has 0 aliphatic heterocycles. The number of rotatable bonds is 20. The summed E-state index contributed by atoms with van der Waals surface area (Å²) in [5.41, 5.74) is 2.09. The summed E-state index contributed by atoms with van der Waals surface area (Å²) >= 11 is 0. The standard InChI is InChI=1S/C44H50O8/c1-5-7-19-41(45)51-35(27-47-33-15-11-9-12-16-33)29-49-43-37-23-21-32(4)26-40(37)44(38-24-22-31(3)25-39(38)43)50-30-36(52-42(46)20-8-6-2)28-48-34-17-13-10-14-18-34/h9-18,21-26,35-36H,5-8,19-20,27-30H2,1-4H3. The number of carbonyl (C=O) groups excluding carboxylic acids is 2. The number of hydrogen-bond donors (Lipinski definition) is 0.